The van der Waals surface area contributed by atoms with Crippen LogP contribution in [0.15, 0.2) is 34.4 Å². The van der Waals surface area contributed by atoms with Crippen LogP contribution >= 0.6 is 15.9 Å². The Morgan fingerprint density at radius 3 is 2.73 bits per heavy atom. The Labute approximate surface area is 201 Å². The lowest BCUT2D eigenvalue weighted by atomic mass is 10.0. The topological polar surface area (TPSA) is 77.1 Å². The zero-order chi connectivity index (χ0) is 23.7. The summed E-state index contributed by atoms with van der Waals surface area (Å²) in [6.07, 6.45) is 2.96. The monoisotopic (exact) mass is 514 g/mol. The van der Waals surface area contributed by atoms with E-state index >= 15 is 0 Å². The molecule has 2 aliphatic rings. The number of nitrogens with one attached hydrogen (secondary N) is 1. The molecule has 0 radical (unpaired) electrons. The molecule has 0 atom stereocenters. The van der Waals surface area contributed by atoms with Crippen molar-refractivity contribution < 1.29 is 23.8 Å². The van der Waals surface area contributed by atoms with Gasteiger partial charge in [-0.25, -0.2) is 0 Å². The number of carbonyl (C=O) groups is 2. The normalized spacial score (nSPS) is 14.5. The molecule has 0 fully saturated rings. The van der Waals surface area contributed by atoms with Crippen LogP contribution in [0.25, 0.3) is 6.08 Å². The minimum Gasteiger partial charge on any atom is -0.492 e. The van der Waals surface area contributed by atoms with Gasteiger partial charge in [-0.15, -0.1) is 0 Å². The fourth-order valence-electron chi connectivity index (χ4n) is 4.08. The summed E-state index contributed by atoms with van der Waals surface area (Å²) in [5, 5.41) is 2.88. The molecule has 0 saturated carbocycles. The van der Waals surface area contributed by atoms with E-state index in [1.807, 2.05) is 31.9 Å². The van der Waals surface area contributed by atoms with Crippen molar-refractivity contribution in [1.82, 2.24) is 4.90 Å². The first-order chi connectivity index (χ1) is 15.8. The molecule has 1 amide bonds. The van der Waals surface area contributed by atoms with Gasteiger partial charge in [0.15, 0.2) is 11.5 Å². The van der Waals surface area contributed by atoms with Crippen LogP contribution in [0, 0.1) is 5.92 Å². The summed E-state index contributed by atoms with van der Waals surface area (Å²) in [7, 11) is 3.48. The first kappa shape index (κ1) is 23.2. The number of allylic oxidation sites excluding steroid dienone is 1. The minimum atomic E-state index is -0.138. The lowest BCUT2D eigenvalue weighted by molar-refractivity contribution is -0.116. The molecule has 4 rings (SSSR count). The van der Waals surface area contributed by atoms with E-state index in [1.165, 1.54) is 0 Å². The maximum atomic E-state index is 13.6. The summed E-state index contributed by atoms with van der Waals surface area (Å²) in [5.74, 6) is 1.76. The van der Waals surface area contributed by atoms with E-state index in [9.17, 15) is 9.59 Å². The predicted octanol–water partition coefficient (Wildman–Crippen LogP) is 4.88. The molecular weight excluding hydrogens is 488 g/mol. The summed E-state index contributed by atoms with van der Waals surface area (Å²) in [4.78, 5) is 27.7. The molecule has 2 aromatic carbocycles. The highest BCUT2D eigenvalue weighted by molar-refractivity contribution is 9.10. The molecule has 2 aliphatic heterocycles. The number of ketones is 1. The van der Waals surface area contributed by atoms with Gasteiger partial charge >= 0.3 is 0 Å². The Balaban J connectivity index is 1.72. The zero-order valence-electron chi connectivity index (χ0n) is 19.2. The number of Topliss-reactive ketones (excluding diaryl/α,β-unsaturated/α-hetero) is 1. The molecule has 0 aromatic heterocycles. The van der Waals surface area contributed by atoms with Gasteiger partial charge in [0.25, 0.3) is 0 Å². The van der Waals surface area contributed by atoms with Crippen LogP contribution in [-0.4, -0.2) is 44.1 Å². The van der Waals surface area contributed by atoms with Gasteiger partial charge in [-0.2, -0.15) is 0 Å². The molecule has 0 aliphatic carbocycles. The van der Waals surface area contributed by atoms with E-state index < -0.39 is 0 Å². The molecule has 8 heteroatoms. The Morgan fingerprint density at radius 2 is 2.00 bits per heavy atom. The summed E-state index contributed by atoms with van der Waals surface area (Å²) in [6, 6.07) is 7.04. The van der Waals surface area contributed by atoms with Crippen molar-refractivity contribution in [3.05, 3.63) is 51.1 Å². The van der Waals surface area contributed by atoms with E-state index in [4.69, 9.17) is 14.2 Å². The van der Waals surface area contributed by atoms with Crippen molar-refractivity contribution in [2.45, 2.75) is 26.7 Å². The molecular formula is C25H27BrN2O5. The molecule has 174 valence electrons. The number of likely N-dealkylation sites (N-methyl/N-ethyl adjacent to an activating group) is 1. The average molecular weight is 515 g/mol. The second kappa shape index (κ2) is 9.47. The Hall–Kier alpha value is -3.00. The summed E-state index contributed by atoms with van der Waals surface area (Å²) < 4.78 is 17.8. The van der Waals surface area contributed by atoms with Crippen LogP contribution in [0.2, 0.25) is 0 Å². The third-order valence-corrected chi connectivity index (χ3v) is 6.52. The second-order valence-electron chi connectivity index (χ2n) is 8.56. The quantitative estimate of drug-likeness (QED) is 0.553. The Kier molecular flexibility index (Phi) is 6.65. The molecule has 0 unspecified atom stereocenters. The standard InChI is InChI=1S/C25H27BrN2O5/c1-14(2)10-20(29)27-16-7-5-6-15(11-16)22(30)19-12-18-17(8-9-28(19)3)21(26)24-25(23(18)31-4)33-13-32-24/h5-7,11-12,14H,8-10,13H2,1-4H3,(H,27,29). The fourth-order valence-corrected chi connectivity index (χ4v) is 4.79. The number of fused-ring (bicyclic) bond motifs is 2. The number of benzene rings is 2. The number of hydrogen-bond acceptors (Lipinski definition) is 6. The zero-order valence-corrected chi connectivity index (χ0v) is 20.7. The minimum absolute atomic E-state index is 0.0695. The third kappa shape index (κ3) is 4.57. The summed E-state index contributed by atoms with van der Waals surface area (Å²) >= 11 is 3.65. The number of ether oxygens (including phenoxy) is 3. The first-order valence-corrected chi connectivity index (χ1v) is 11.6. The van der Waals surface area contributed by atoms with Crippen molar-refractivity contribution in [2.24, 2.45) is 5.92 Å². The number of rotatable bonds is 6. The van der Waals surface area contributed by atoms with E-state index in [1.54, 1.807) is 31.4 Å². The maximum absolute atomic E-state index is 13.6. The van der Waals surface area contributed by atoms with E-state index in [2.05, 4.69) is 21.2 Å². The van der Waals surface area contributed by atoms with Crippen LogP contribution in [-0.2, 0) is 11.2 Å². The SMILES string of the molecule is COc1c2c(c(Br)c3c1OCO3)CCN(C)C(C(=O)c1cccc(NC(=O)CC(C)C)c1)=C2. The smallest absolute Gasteiger partial charge is 0.231 e. The molecule has 0 saturated heterocycles. The van der Waals surface area contributed by atoms with Crippen LogP contribution in [0.1, 0.15) is 41.8 Å². The number of halogens is 1. The van der Waals surface area contributed by atoms with Crippen LogP contribution in [0.3, 0.4) is 0 Å². The maximum Gasteiger partial charge on any atom is 0.231 e. The average Bonchev–Trinajstić information content (AvgIpc) is 3.19. The van der Waals surface area contributed by atoms with Crippen LogP contribution in [0.4, 0.5) is 5.69 Å². The number of methoxy groups -OCH3 is 1. The first-order valence-electron chi connectivity index (χ1n) is 10.9. The second-order valence-corrected chi connectivity index (χ2v) is 9.35. The van der Waals surface area contributed by atoms with E-state index in [-0.39, 0.29) is 24.4 Å². The molecule has 7 nitrogen and oxygen atoms in total. The molecule has 2 aromatic rings. The third-order valence-electron chi connectivity index (χ3n) is 5.68. The molecule has 0 bridgehead atoms. The van der Waals surface area contributed by atoms with Crippen molar-refractivity contribution in [1.29, 1.82) is 0 Å². The van der Waals surface area contributed by atoms with Gasteiger partial charge in [0.1, 0.15) is 0 Å². The van der Waals surface area contributed by atoms with Crippen LogP contribution in [0.5, 0.6) is 17.2 Å². The number of amides is 1. The predicted molar refractivity (Wildman–Crippen MR) is 130 cm³/mol. The lowest BCUT2D eigenvalue weighted by Crippen LogP contribution is -2.24. The summed E-state index contributed by atoms with van der Waals surface area (Å²) in [6.45, 7) is 4.74. The highest BCUT2D eigenvalue weighted by Gasteiger charge is 2.31. The molecule has 1 N–H and O–H groups in total. The summed E-state index contributed by atoms with van der Waals surface area (Å²) in [5.41, 5.74) is 3.43. The highest BCUT2D eigenvalue weighted by Crippen LogP contribution is 2.51. The number of carbonyl (C=O) groups excluding carboxylic acids is 2. The van der Waals surface area contributed by atoms with Crippen molar-refractivity contribution in [3.8, 4) is 17.2 Å². The van der Waals surface area contributed by atoms with Crippen molar-refractivity contribution >= 4 is 39.4 Å². The number of anilines is 1. The van der Waals surface area contributed by atoms with Gasteiger partial charge in [0, 0.05) is 36.8 Å². The number of nitrogens with zero attached hydrogens (tertiary/aromatic N) is 1. The largest absolute Gasteiger partial charge is 0.492 e. The van der Waals surface area contributed by atoms with Gasteiger partial charge < -0.3 is 24.4 Å². The van der Waals surface area contributed by atoms with Gasteiger partial charge in [0.05, 0.1) is 17.3 Å². The Bertz CT molecular complexity index is 1140. The molecule has 0 spiro atoms. The number of hydrogen-bond donors (Lipinski definition) is 1. The van der Waals surface area contributed by atoms with Gasteiger partial charge in [-0.05, 0) is 52.0 Å². The van der Waals surface area contributed by atoms with E-state index in [0.29, 0.717) is 53.6 Å². The van der Waals surface area contributed by atoms with Crippen molar-refractivity contribution in [3.63, 3.8) is 0 Å². The van der Waals surface area contributed by atoms with E-state index in [0.717, 1.165) is 15.6 Å². The van der Waals surface area contributed by atoms with Gasteiger partial charge in [-0.3, -0.25) is 9.59 Å². The highest BCUT2D eigenvalue weighted by atomic mass is 79.9. The van der Waals surface area contributed by atoms with Crippen molar-refractivity contribution in [2.75, 3.05) is 32.8 Å². The lowest BCUT2D eigenvalue weighted by Gasteiger charge is -2.20. The van der Waals surface area contributed by atoms with Gasteiger partial charge in [-0.1, -0.05) is 26.0 Å². The molecule has 2 heterocycles. The van der Waals surface area contributed by atoms with Gasteiger partial charge in [0.2, 0.25) is 24.2 Å². The fraction of sp³-hybridized carbons (Fsp3) is 0.360. The van der Waals surface area contributed by atoms with Crippen LogP contribution < -0.4 is 19.5 Å². The Morgan fingerprint density at radius 1 is 1.24 bits per heavy atom. The molecule has 33 heavy (non-hydrogen) atoms.